The number of benzene rings is 2. The van der Waals surface area contributed by atoms with E-state index in [-0.39, 0.29) is 0 Å². The molecule has 6 heteroatoms. The summed E-state index contributed by atoms with van der Waals surface area (Å²) in [6.45, 7) is 6.85. The highest BCUT2D eigenvalue weighted by molar-refractivity contribution is 5.54. The first-order chi connectivity index (χ1) is 14.6. The van der Waals surface area contributed by atoms with Crippen molar-refractivity contribution in [3.63, 3.8) is 0 Å². The Kier molecular flexibility index (Phi) is 5.84. The van der Waals surface area contributed by atoms with Gasteiger partial charge >= 0.3 is 0 Å². The van der Waals surface area contributed by atoms with Gasteiger partial charge in [0.15, 0.2) is 5.82 Å². The smallest absolute Gasteiger partial charge is 0.208 e. The summed E-state index contributed by atoms with van der Waals surface area (Å²) in [4.78, 5) is 12.0. The van der Waals surface area contributed by atoms with Crippen molar-refractivity contribution in [3.05, 3.63) is 65.9 Å². The van der Waals surface area contributed by atoms with Gasteiger partial charge in [0, 0.05) is 46.0 Å². The van der Waals surface area contributed by atoms with Gasteiger partial charge in [0.1, 0.15) is 5.75 Å². The minimum atomic E-state index is 0.835. The Labute approximate surface area is 179 Å². The minimum absolute atomic E-state index is 0.835. The van der Waals surface area contributed by atoms with Crippen molar-refractivity contribution in [2.75, 3.05) is 62.1 Å². The maximum Gasteiger partial charge on any atom is 0.208 e. The standard InChI is InChI=1S/C24H31N5O/c1-19-23(26(2)3)25-24(29(19)18-20-8-6-5-7-9-20)28-16-14-27(15-17-28)21-10-12-22(30-4)13-11-21/h5-13H,14-18H2,1-4H3. The lowest BCUT2D eigenvalue weighted by atomic mass is 10.2. The Morgan fingerprint density at radius 3 is 2.13 bits per heavy atom. The maximum atomic E-state index is 5.28. The van der Waals surface area contributed by atoms with Crippen LogP contribution in [0.25, 0.3) is 0 Å². The predicted octanol–water partition coefficient (Wildman–Crippen LogP) is 3.64. The van der Waals surface area contributed by atoms with Gasteiger partial charge in [-0.2, -0.15) is 4.98 Å². The van der Waals surface area contributed by atoms with Crippen molar-refractivity contribution in [2.24, 2.45) is 0 Å². The maximum absolute atomic E-state index is 5.28. The Hall–Kier alpha value is -3.15. The first-order valence-corrected chi connectivity index (χ1v) is 10.5. The zero-order valence-electron chi connectivity index (χ0n) is 18.4. The molecule has 1 aliphatic rings. The zero-order chi connectivity index (χ0) is 21.1. The van der Waals surface area contributed by atoms with Crippen LogP contribution in [0.1, 0.15) is 11.3 Å². The van der Waals surface area contributed by atoms with Crippen molar-refractivity contribution in [1.29, 1.82) is 0 Å². The summed E-state index contributed by atoms with van der Waals surface area (Å²) in [5.74, 6) is 3.00. The molecule has 0 atom stereocenters. The van der Waals surface area contributed by atoms with Gasteiger partial charge in [-0.1, -0.05) is 30.3 Å². The highest BCUT2D eigenvalue weighted by Gasteiger charge is 2.24. The Morgan fingerprint density at radius 2 is 1.53 bits per heavy atom. The first kappa shape index (κ1) is 20.1. The van der Waals surface area contributed by atoms with Crippen LogP contribution in [0, 0.1) is 6.92 Å². The summed E-state index contributed by atoms with van der Waals surface area (Å²) in [5.41, 5.74) is 3.74. The summed E-state index contributed by atoms with van der Waals surface area (Å²) >= 11 is 0. The Bertz CT molecular complexity index is 957. The molecule has 1 aliphatic heterocycles. The lowest BCUT2D eigenvalue weighted by Gasteiger charge is -2.37. The van der Waals surface area contributed by atoms with Crippen LogP contribution < -0.4 is 19.4 Å². The van der Waals surface area contributed by atoms with Crippen LogP contribution in [0.15, 0.2) is 54.6 Å². The van der Waals surface area contributed by atoms with Gasteiger partial charge in [0.05, 0.1) is 19.3 Å². The van der Waals surface area contributed by atoms with Crippen LogP contribution in [-0.4, -0.2) is 56.9 Å². The van der Waals surface area contributed by atoms with Crippen LogP contribution in [-0.2, 0) is 6.54 Å². The summed E-state index contributed by atoms with van der Waals surface area (Å²) < 4.78 is 7.64. The summed E-state index contributed by atoms with van der Waals surface area (Å²) in [7, 11) is 5.83. The molecular weight excluding hydrogens is 374 g/mol. The van der Waals surface area contributed by atoms with Crippen LogP contribution >= 0.6 is 0 Å². The third kappa shape index (κ3) is 4.08. The molecule has 0 radical (unpaired) electrons. The normalized spacial score (nSPS) is 14.1. The fourth-order valence-corrected chi connectivity index (χ4v) is 4.08. The number of nitrogens with zero attached hydrogens (tertiary/aromatic N) is 5. The Morgan fingerprint density at radius 1 is 0.900 bits per heavy atom. The molecule has 0 saturated carbocycles. The Balaban J connectivity index is 1.54. The van der Waals surface area contributed by atoms with E-state index in [2.05, 4.69) is 82.8 Å². The molecule has 4 rings (SSSR count). The summed E-state index contributed by atoms with van der Waals surface area (Å²) in [6, 6.07) is 19.0. The quantitative estimate of drug-likeness (QED) is 0.626. The van der Waals surface area contributed by atoms with Crippen LogP contribution in [0.4, 0.5) is 17.5 Å². The van der Waals surface area contributed by atoms with Crippen molar-refractivity contribution in [1.82, 2.24) is 9.55 Å². The largest absolute Gasteiger partial charge is 0.497 e. The van der Waals surface area contributed by atoms with Gasteiger partial charge < -0.3 is 24.0 Å². The molecule has 0 bridgehead atoms. The lowest BCUT2D eigenvalue weighted by Crippen LogP contribution is -2.47. The van der Waals surface area contributed by atoms with Gasteiger partial charge in [-0.3, -0.25) is 0 Å². The van der Waals surface area contributed by atoms with Gasteiger partial charge in [0.2, 0.25) is 5.95 Å². The van der Waals surface area contributed by atoms with Gasteiger partial charge in [-0.25, -0.2) is 0 Å². The molecular formula is C24H31N5O. The average Bonchev–Trinajstić information content (AvgIpc) is 3.11. The molecule has 2 heterocycles. The highest BCUT2D eigenvalue weighted by atomic mass is 16.5. The van der Waals surface area contributed by atoms with Crippen molar-refractivity contribution in [2.45, 2.75) is 13.5 Å². The minimum Gasteiger partial charge on any atom is -0.497 e. The molecule has 6 nitrogen and oxygen atoms in total. The van der Waals surface area contributed by atoms with E-state index >= 15 is 0 Å². The average molecular weight is 406 g/mol. The number of hydrogen-bond acceptors (Lipinski definition) is 5. The van der Waals surface area contributed by atoms with Gasteiger partial charge in [-0.15, -0.1) is 0 Å². The molecule has 1 fully saturated rings. The molecule has 1 saturated heterocycles. The van der Waals surface area contributed by atoms with E-state index in [0.717, 1.165) is 50.2 Å². The highest BCUT2D eigenvalue weighted by Crippen LogP contribution is 2.28. The number of imidazole rings is 1. The van der Waals surface area contributed by atoms with E-state index in [1.54, 1.807) is 7.11 Å². The molecule has 30 heavy (non-hydrogen) atoms. The van der Waals surface area contributed by atoms with Crippen molar-refractivity contribution < 1.29 is 4.74 Å². The number of ether oxygens (including phenoxy) is 1. The molecule has 158 valence electrons. The van der Waals surface area contributed by atoms with Crippen LogP contribution in [0.3, 0.4) is 0 Å². The lowest BCUT2D eigenvalue weighted by molar-refractivity contribution is 0.415. The second-order valence-corrected chi connectivity index (χ2v) is 7.96. The van der Waals surface area contributed by atoms with E-state index in [1.807, 2.05) is 12.1 Å². The second kappa shape index (κ2) is 8.69. The SMILES string of the molecule is COc1ccc(N2CCN(c3nc(N(C)C)c(C)n3Cc3ccccc3)CC2)cc1. The molecule has 0 aliphatic carbocycles. The van der Waals surface area contributed by atoms with E-state index < -0.39 is 0 Å². The second-order valence-electron chi connectivity index (χ2n) is 7.96. The van der Waals surface area contributed by atoms with E-state index in [9.17, 15) is 0 Å². The zero-order valence-corrected chi connectivity index (χ0v) is 18.4. The predicted molar refractivity (Wildman–Crippen MR) is 124 cm³/mol. The number of methoxy groups -OCH3 is 1. The number of aromatic nitrogens is 2. The fourth-order valence-electron chi connectivity index (χ4n) is 4.08. The third-order valence-corrected chi connectivity index (χ3v) is 5.78. The number of piperazine rings is 1. The van der Waals surface area contributed by atoms with Crippen LogP contribution in [0.2, 0.25) is 0 Å². The van der Waals surface area contributed by atoms with Crippen molar-refractivity contribution >= 4 is 17.5 Å². The number of anilines is 3. The van der Waals surface area contributed by atoms with E-state index in [1.165, 1.54) is 16.9 Å². The molecule has 0 amide bonds. The number of hydrogen-bond donors (Lipinski definition) is 0. The molecule has 0 spiro atoms. The van der Waals surface area contributed by atoms with E-state index in [4.69, 9.17) is 9.72 Å². The molecule has 0 unspecified atom stereocenters. The summed E-state index contributed by atoms with van der Waals surface area (Å²) in [6.07, 6.45) is 0. The summed E-state index contributed by atoms with van der Waals surface area (Å²) in [5, 5.41) is 0. The topological polar surface area (TPSA) is 36.8 Å². The van der Waals surface area contributed by atoms with E-state index in [0.29, 0.717) is 0 Å². The number of rotatable bonds is 6. The van der Waals surface area contributed by atoms with Crippen molar-refractivity contribution in [3.8, 4) is 5.75 Å². The van der Waals surface area contributed by atoms with Crippen LogP contribution in [0.5, 0.6) is 5.75 Å². The molecule has 0 N–H and O–H groups in total. The van der Waals surface area contributed by atoms with Gasteiger partial charge in [-0.05, 0) is 36.8 Å². The monoisotopic (exact) mass is 405 g/mol. The molecule has 1 aromatic heterocycles. The third-order valence-electron chi connectivity index (χ3n) is 5.78. The fraction of sp³-hybridized carbons (Fsp3) is 0.375. The first-order valence-electron chi connectivity index (χ1n) is 10.5. The molecule has 2 aromatic carbocycles. The van der Waals surface area contributed by atoms with Gasteiger partial charge in [0.25, 0.3) is 0 Å². The molecule has 3 aromatic rings.